The first-order valence-electron chi connectivity index (χ1n) is 11.0. The number of halogens is 1. The van der Waals surface area contributed by atoms with E-state index in [0.29, 0.717) is 23.4 Å². The predicted octanol–water partition coefficient (Wildman–Crippen LogP) is 6.22. The first-order valence-corrected chi connectivity index (χ1v) is 12.4. The molecule has 1 unspecified atom stereocenters. The van der Waals surface area contributed by atoms with E-state index in [1.807, 2.05) is 37.3 Å². The van der Waals surface area contributed by atoms with Crippen molar-refractivity contribution in [2.24, 2.45) is 0 Å². The molecule has 0 spiro atoms. The van der Waals surface area contributed by atoms with Gasteiger partial charge in [-0.05, 0) is 77.7 Å². The molecule has 1 aliphatic heterocycles. The number of anilines is 1. The molecule has 0 radical (unpaired) electrons. The van der Waals surface area contributed by atoms with Gasteiger partial charge in [-0.1, -0.05) is 25.1 Å². The van der Waals surface area contributed by atoms with Crippen molar-refractivity contribution in [1.29, 1.82) is 0 Å². The number of hydrogen-bond donors (Lipinski definition) is 0. The van der Waals surface area contributed by atoms with E-state index in [1.165, 1.54) is 35.7 Å². The fraction of sp³-hybridized carbons (Fsp3) is 0.148. The average molecular weight is 475 g/mol. The molecular weight excluding hydrogens is 451 g/mol. The van der Waals surface area contributed by atoms with E-state index >= 15 is 0 Å². The van der Waals surface area contributed by atoms with Gasteiger partial charge in [0.15, 0.2) is 0 Å². The molecule has 0 amide bonds. The number of fused-ring (bicyclic) bond motifs is 3. The zero-order valence-corrected chi connectivity index (χ0v) is 19.6. The van der Waals surface area contributed by atoms with Gasteiger partial charge < -0.3 is 4.74 Å². The second kappa shape index (κ2) is 8.57. The van der Waals surface area contributed by atoms with Crippen LogP contribution in [-0.4, -0.2) is 20.5 Å². The van der Waals surface area contributed by atoms with E-state index in [2.05, 4.69) is 4.98 Å². The van der Waals surface area contributed by atoms with Crippen molar-refractivity contribution in [2.45, 2.75) is 24.3 Å². The lowest BCUT2D eigenvalue weighted by atomic mass is 9.87. The summed E-state index contributed by atoms with van der Waals surface area (Å²) in [4.78, 5) is 4.34. The Morgan fingerprint density at radius 3 is 2.44 bits per heavy atom. The maximum Gasteiger partial charge on any atom is 0.264 e. The van der Waals surface area contributed by atoms with E-state index in [-0.39, 0.29) is 4.90 Å². The van der Waals surface area contributed by atoms with Crippen molar-refractivity contribution in [2.75, 3.05) is 11.4 Å². The van der Waals surface area contributed by atoms with Gasteiger partial charge in [0.05, 0.1) is 23.7 Å². The molecular formula is C27H23FN2O3S. The molecule has 3 aromatic carbocycles. The summed E-state index contributed by atoms with van der Waals surface area (Å²) in [6.45, 7) is 1.91. The zero-order valence-electron chi connectivity index (χ0n) is 18.8. The number of hydrogen-bond acceptors (Lipinski definition) is 4. The van der Waals surface area contributed by atoms with Crippen LogP contribution in [0, 0.1) is 5.82 Å². The van der Waals surface area contributed by atoms with Gasteiger partial charge in [0.25, 0.3) is 10.0 Å². The second-order valence-corrected chi connectivity index (χ2v) is 9.92. The monoisotopic (exact) mass is 474 g/mol. The van der Waals surface area contributed by atoms with Crippen LogP contribution in [0.4, 0.5) is 10.1 Å². The van der Waals surface area contributed by atoms with Crippen LogP contribution in [0.2, 0.25) is 0 Å². The number of nitrogens with zero attached hydrogens (tertiary/aromatic N) is 2. The van der Waals surface area contributed by atoms with Gasteiger partial charge >= 0.3 is 0 Å². The summed E-state index contributed by atoms with van der Waals surface area (Å²) in [5.74, 6) is 0.171. The maximum absolute atomic E-state index is 14.4. The predicted molar refractivity (Wildman–Crippen MR) is 131 cm³/mol. The summed E-state index contributed by atoms with van der Waals surface area (Å²) in [7, 11) is -2.42. The van der Waals surface area contributed by atoms with E-state index in [9.17, 15) is 12.8 Å². The van der Waals surface area contributed by atoms with Gasteiger partial charge in [-0.3, -0.25) is 9.29 Å². The SMILES string of the molecule is CCC1c2cc(F)ccc2-c2cc(-c3cccnc3)ccc2N1S(=O)(=O)c1ccc(OC)cc1. The van der Waals surface area contributed by atoms with Crippen LogP contribution in [0.3, 0.4) is 0 Å². The Morgan fingerprint density at radius 2 is 1.76 bits per heavy atom. The molecule has 1 atom stereocenters. The molecule has 172 valence electrons. The molecule has 2 heterocycles. The third-order valence-corrected chi connectivity index (χ3v) is 8.01. The zero-order chi connectivity index (χ0) is 23.9. The van der Waals surface area contributed by atoms with Crippen LogP contribution in [0.1, 0.15) is 24.9 Å². The van der Waals surface area contributed by atoms with Crippen molar-refractivity contribution in [3.05, 3.63) is 96.6 Å². The third-order valence-electron chi connectivity index (χ3n) is 6.18. The minimum atomic E-state index is -3.95. The number of rotatable bonds is 5. The van der Waals surface area contributed by atoms with Crippen LogP contribution in [0.25, 0.3) is 22.3 Å². The van der Waals surface area contributed by atoms with Crippen LogP contribution < -0.4 is 9.04 Å². The topological polar surface area (TPSA) is 59.5 Å². The Kier molecular flexibility index (Phi) is 5.57. The van der Waals surface area contributed by atoms with E-state index in [0.717, 1.165) is 22.3 Å². The van der Waals surface area contributed by atoms with Gasteiger partial charge in [0.1, 0.15) is 11.6 Å². The highest BCUT2D eigenvalue weighted by molar-refractivity contribution is 7.92. The minimum Gasteiger partial charge on any atom is -0.497 e. The molecule has 0 saturated carbocycles. The Morgan fingerprint density at radius 1 is 0.971 bits per heavy atom. The van der Waals surface area contributed by atoms with Gasteiger partial charge in [-0.2, -0.15) is 0 Å². The lowest BCUT2D eigenvalue weighted by Gasteiger charge is -2.39. The van der Waals surface area contributed by atoms with Crippen molar-refractivity contribution < 1.29 is 17.5 Å². The third kappa shape index (κ3) is 3.62. The second-order valence-electron chi connectivity index (χ2n) is 8.11. The highest BCUT2D eigenvalue weighted by Crippen LogP contribution is 2.49. The molecule has 34 heavy (non-hydrogen) atoms. The van der Waals surface area contributed by atoms with Crippen LogP contribution in [0.5, 0.6) is 5.75 Å². The summed E-state index contributed by atoms with van der Waals surface area (Å²) in [6, 6.07) is 19.8. The van der Waals surface area contributed by atoms with Crippen molar-refractivity contribution in [3.63, 3.8) is 0 Å². The smallest absolute Gasteiger partial charge is 0.264 e. The van der Waals surface area contributed by atoms with Gasteiger partial charge in [-0.15, -0.1) is 0 Å². The number of sulfonamides is 1. The largest absolute Gasteiger partial charge is 0.497 e. The first kappa shape index (κ1) is 22.1. The van der Waals surface area contributed by atoms with E-state index in [1.54, 1.807) is 30.6 Å². The molecule has 1 aliphatic rings. The standard InChI is InChI=1S/C27H23FN2O3S/c1-3-26-25-16-20(28)7-12-23(25)24-15-18(19-5-4-14-29-17-19)6-13-27(24)30(26)34(31,32)22-10-8-21(33-2)9-11-22/h4-17,26H,3H2,1-2H3. The Hall–Kier alpha value is -3.71. The fourth-order valence-corrected chi connectivity index (χ4v) is 6.27. The highest BCUT2D eigenvalue weighted by Gasteiger charge is 2.38. The molecule has 0 N–H and O–H groups in total. The number of pyridine rings is 1. The molecule has 7 heteroatoms. The van der Waals surface area contributed by atoms with Gasteiger partial charge in [0.2, 0.25) is 0 Å². The molecule has 0 fully saturated rings. The lowest BCUT2D eigenvalue weighted by molar-refractivity contribution is 0.414. The van der Waals surface area contributed by atoms with Crippen molar-refractivity contribution in [1.82, 2.24) is 4.98 Å². The summed E-state index contributed by atoms with van der Waals surface area (Å²) < 4.78 is 48.9. The summed E-state index contributed by atoms with van der Waals surface area (Å²) in [5, 5.41) is 0. The molecule has 1 aromatic heterocycles. The van der Waals surface area contributed by atoms with Crippen molar-refractivity contribution >= 4 is 15.7 Å². The fourth-order valence-electron chi connectivity index (χ4n) is 4.55. The minimum absolute atomic E-state index is 0.147. The van der Waals surface area contributed by atoms with E-state index < -0.39 is 21.9 Å². The Labute approximate surface area is 198 Å². The quantitative estimate of drug-likeness (QED) is 0.344. The summed E-state index contributed by atoms with van der Waals surface area (Å²) in [5.41, 5.74) is 4.59. The number of methoxy groups -OCH3 is 1. The Balaban J connectivity index is 1.74. The van der Waals surface area contributed by atoms with Crippen LogP contribution >= 0.6 is 0 Å². The number of benzene rings is 3. The van der Waals surface area contributed by atoms with Gasteiger partial charge in [-0.25, -0.2) is 12.8 Å². The normalized spacial score (nSPS) is 14.9. The maximum atomic E-state index is 14.4. The molecule has 5 nitrogen and oxygen atoms in total. The average Bonchev–Trinajstić information content (AvgIpc) is 2.87. The molecule has 4 aromatic rings. The van der Waals surface area contributed by atoms with Crippen LogP contribution in [0.15, 0.2) is 90.1 Å². The highest BCUT2D eigenvalue weighted by atomic mass is 32.2. The van der Waals surface area contributed by atoms with Crippen molar-refractivity contribution in [3.8, 4) is 28.0 Å². The molecule has 0 bridgehead atoms. The first-order chi connectivity index (χ1) is 16.4. The van der Waals surface area contributed by atoms with Crippen LogP contribution in [-0.2, 0) is 10.0 Å². The Bertz CT molecular complexity index is 1460. The summed E-state index contributed by atoms with van der Waals surface area (Å²) >= 11 is 0. The van der Waals surface area contributed by atoms with Gasteiger partial charge in [0, 0.05) is 23.5 Å². The summed E-state index contributed by atoms with van der Waals surface area (Å²) in [6.07, 6.45) is 3.95. The lowest BCUT2D eigenvalue weighted by Crippen LogP contribution is -2.37. The molecule has 0 saturated heterocycles. The molecule has 0 aliphatic carbocycles. The van der Waals surface area contributed by atoms with E-state index in [4.69, 9.17) is 4.74 Å². The number of ether oxygens (including phenoxy) is 1. The number of aromatic nitrogens is 1. The molecule has 5 rings (SSSR count).